The molecule has 8 heteroatoms. The standard InChI is InChI=1S/C11H11I3N2O3/c1-2-3-16-10(17)4-6(12)5(11(18)19)8(14)9(15)7(4)13/h2-3,15H2,1H3,(H,16,17)(H,18,19). The van der Waals surface area contributed by atoms with E-state index >= 15 is 0 Å². The molecule has 0 unspecified atom stereocenters. The highest BCUT2D eigenvalue weighted by Crippen LogP contribution is 2.33. The number of aromatic carboxylic acids is 1. The summed E-state index contributed by atoms with van der Waals surface area (Å²) in [5.41, 5.74) is 6.65. The number of nitrogen functional groups attached to an aromatic ring is 1. The summed E-state index contributed by atoms with van der Waals surface area (Å²) >= 11 is 5.75. The normalized spacial score (nSPS) is 10.3. The number of amides is 1. The fourth-order valence-corrected chi connectivity index (χ4v) is 5.51. The summed E-state index contributed by atoms with van der Waals surface area (Å²) in [4.78, 5) is 23.4. The predicted octanol–water partition coefficient (Wildman–Crippen LogP) is 2.92. The van der Waals surface area contributed by atoms with Crippen molar-refractivity contribution in [2.24, 2.45) is 0 Å². The van der Waals surface area contributed by atoms with Crippen molar-refractivity contribution >= 4 is 85.3 Å². The molecule has 1 aromatic carbocycles. The maximum atomic E-state index is 12.1. The Balaban J connectivity index is 3.48. The number of hydrogen-bond acceptors (Lipinski definition) is 3. The fourth-order valence-electron chi connectivity index (χ4n) is 1.40. The predicted molar refractivity (Wildman–Crippen MR) is 98.6 cm³/mol. The Hall–Kier alpha value is 0.150. The van der Waals surface area contributed by atoms with E-state index in [4.69, 9.17) is 5.73 Å². The van der Waals surface area contributed by atoms with E-state index in [1.54, 1.807) is 0 Å². The van der Waals surface area contributed by atoms with Gasteiger partial charge in [-0.15, -0.1) is 0 Å². The first-order valence-electron chi connectivity index (χ1n) is 5.30. The van der Waals surface area contributed by atoms with Gasteiger partial charge in [0.05, 0.1) is 24.0 Å². The highest BCUT2D eigenvalue weighted by molar-refractivity contribution is 14.1. The molecule has 0 aromatic heterocycles. The number of anilines is 1. The summed E-state index contributed by atoms with van der Waals surface area (Å²) in [5, 5.41) is 12.0. The van der Waals surface area contributed by atoms with Crippen LogP contribution in [0.3, 0.4) is 0 Å². The van der Waals surface area contributed by atoms with Crippen LogP contribution < -0.4 is 11.1 Å². The lowest BCUT2D eigenvalue weighted by Gasteiger charge is -2.14. The first-order chi connectivity index (χ1) is 8.82. The highest BCUT2D eigenvalue weighted by Gasteiger charge is 2.26. The van der Waals surface area contributed by atoms with Crippen LogP contribution in [0.4, 0.5) is 5.69 Å². The lowest BCUT2D eigenvalue weighted by molar-refractivity contribution is 0.0694. The Labute approximate surface area is 151 Å². The van der Waals surface area contributed by atoms with Gasteiger partial charge in [0, 0.05) is 10.1 Å². The number of nitrogens with one attached hydrogen (secondary N) is 1. The van der Waals surface area contributed by atoms with Gasteiger partial charge in [0.15, 0.2) is 0 Å². The smallest absolute Gasteiger partial charge is 0.337 e. The minimum absolute atomic E-state index is 0.0840. The van der Waals surface area contributed by atoms with Gasteiger partial charge in [-0.25, -0.2) is 4.79 Å². The van der Waals surface area contributed by atoms with Crippen LogP contribution in [0.15, 0.2) is 0 Å². The Bertz CT molecular complexity index is 547. The molecule has 19 heavy (non-hydrogen) atoms. The zero-order valence-electron chi connectivity index (χ0n) is 9.89. The average Bonchev–Trinajstić information content (AvgIpc) is 2.33. The molecule has 0 fully saturated rings. The van der Waals surface area contributed by atoms with Crippen LogP contribution in [0.1, 0.15) is 34.1 Å². The summed E-state index contributed by atoms with van der Waals surface area (Å²) in [6.07, 6.45) is 0.810. The molecule has 0 bridgehead atoms. The number of rotatable bonds is 4. The summed E-state index contributed by atoms with van der Waals surface area (Å²) < 4.78 is 1.47. The number of benzene rings is 1. The summed E-state index contributed by atoms with van der Waals surface area (Å²) in [6.45, 7) is 2.49. The monoisotopic (exact) mass is 600 g/mol. The molecule has 1 aromatic rings. The first kappa shape index (κ1) is 17.2. The minimum atomic E-state index is -1.08. The third-order valence-corrected chi connectivity index (χ3v) is 5.65. The van der Waals surface area contributed by atoms with E-state index in [2.05, 4.69) is 5.32 Å². The second-order valence-electron chi connectivity index (χ2n) is 3.67. The second kappa shape index (κ2) is 7.24. The second-order valence-corrected chi connectivity index (χ2v) is 6.90. The van der Waals surface area contributed by atoms with E-state index in [1.807, 2.05) is 74.7 Å². The third-order valence-electron chi connectivity index (χ3n) is 2.33. The Morgan fingerprint density at radius 2 is 1.68 bits per heavy atom. The molecular formula is C11H11I3N2O3. The van der Waals surface area contributed by atoms with Crippen LogP contribution in [-0.4, -0.2) is 23.5 Å². The molecule has 0 heterocycles. The molecule has 1 rings (SSSR count). The number of carboxylic acids is 1. The maximum Gasteiger partial charge on any atom is 0.337 e. The number of carboxylic acid groups (broad SMARTS) is 1. The van der Waals surface area contributed by atoms with Gasteiger partial charge in [0.25, 0.3) is 5.91 Å². The lowest BCUT2D eigenvalue weighted by atomic mass is 10.1. The van der Waals surface area contributed by atoms with E-state index in [-0.39, 0.29) is 11.5 Å². The molecule has 0 aliphatic heterocycles. The van der Waals surface area contributed by atoms with Gasteiger partial charge in [-0.1, -0.05) is 6.92 Å². The molecule has 0 atom stereocenters. The van der Waals surface area contributed by atoms with Crippen LogP contribution in [-0.2, 0) is 0 Å². The van der Waals surface area contributed by atoms with E-state index in [0.717, 1.165) is 6.42 Å². The number of nitrogens with two attached hydrogens (primary N) is 1. The Kier molecular flexibility index (Phi) is 6.56. The van der Waals surface area contributed by atoms with Crippen molar-refractivity contribution in [1.82, 2.24) is 5.32 Å². The summed E-state index contributed by atoms with van der Waals surface area (Å²) in [7, 11) is 0. The lowest BCUT2D eigenvalue weighted by Crippen LogP contribution is -2.27. The number of carbonyl (C=O) groups excluding carboxylic acids is 1. The molecule has 0 saturated heterocycles. The molecule has 0 saturated carbocycles. The summed E-state index contributed by atoms with van der Waals surface area (Å²) in [5.74, 6) is -1.37. The fraction of sp³-hybridized carbons (Fsp3) is 0.273. The minimum Gasteiger partial charge on any atom is -0.478 e. The molecule has 4 N–H and O–H groups in total. The van der Waals surface area contributed by atoms with Gasteiger partial charge in [-0.2, -0.15) is 0 Å². The van der Waals surface area contributed by atoms with Crippen LogP contribution in [0, 0.1) is 10.7 Å². The van der Waals surface area contributed by atoms with Crippen molar-refractivity contribution < 1.29 is 14.7 Å². The van der Waals surface area contributed by atoms with E-state index in [9.17, 15) is 14.7 Å². The van der Waals surface area contributed by atoms with Crippen LogP contribution in [0.2, 0.25) is 0 Å². The Morgan fingerprint density at radius 1 is 1.16 bits per heavy atom. The number of carbonyl (C=O) groups is 2. The summed E-state index contributed by atoms with van der Waals surface area (Å²) in [6, 6.07) is 0. The third kappa shape index (κ3) is 3.62. The average molecular weight is 600 g/mol. The highest BCUT2D eigenvalue weighted by atomic mass is 127. The zero-order chi connectivity index (χ0) is 14.7. The van der Waals surface area contributed by atoms with Crippen molar-refractivity contribution in [1.29, 1.82) is 0 Å². The van der Waals surface area contributed by atoms with Gasteiger partial charge in [0.1, 0.15) is 0 Å². The van der Waals surface area contributed by atoms with Crippen LogP contribution in [0.25, 0.3) is 0 Å². The molecular weight excluding hydrogens is 589 g/mol. The van der Waals surface area contributed by atoms with Crippen molar-refractivity contribution in [3.8, 4) is 0 Å². The van der Waals surface area contributed by atoms with Crippen LogP contribution in [0.5, 0.6) is 0 Å². The van der Waals surface area contributed by atoms with Gasteiger partial charge in [0.2, 0.25) is 0 Å². The van der Waals surface area contributed by atoms with E-state index in [1.165, 1.54) is 0 Å². The molecule has 0 radical (unpaired) electrons. The van der Waals surface area contributed by atoms with E-state index < -0.39 is 5.97 Å². The molecule has 0 aliphatic carbocycles. The molecule has 5 nitrogen and oxygen atoms in total. The Morgan fingerprint density at radius 3 is 2.16 bits per heavy atom. The number of hydrogen-bond donors (Lipinski definition) is 3. The van der Waals surface area contributed by atoms with Gasteiger partial charge < -0.3 is 16.2 Å². The molecule has 104 valence electrons. The van der Waals surface area contributed by atoms with Crippen molar-refractivity contribution in [2.45, 2.75) is 13.3 Å². The topological polar surface area (TPSA) is 92.4 Å². The molecule has 0 aliphatic rings. The zero-order valence-corrected chi connectivity index (χ0v) is 16.4. The SMILES string of the molecule is CCCNC(=O)c1c(I)c(N)c(I)c(C(=O)O)c1I. The van der Waals surface area contributed by atoms with Gasteiger partial charge in [-0.05, 0) is 74.2 Å². The first-order valence-corrected chi connectivity index (χ1v) is 8.53. The molecule has 0 spiro atoms. The van der Waals surface area contributed by atoms with Crippen molar-refractivity contribution in [3.05, 3.63) is 21.8 Å². The van der Waals surface area contributed by atoms with Gasteiger partial charge >= 0.3 is 5.97 Å². The largest absolute Gasteiger partial charge is 0.478 e. The van der Waals surface area contributed by atoms with Crippen molar-refractivity contribution in [2.75, 3.05) is 12.3 Å². The number of halogens is 3. The molecule has 1 amide bonds. The van der Waals surface area contributed by atoms with Gasteiger partial charge in [-0.3, -0.25) is 4.79 Å². The van der Waals surface area contributed by atoms with Crippen LogP contribution >= 0.6 is 67.8 Å². The van der Waals surface area contributed by atoms with Crippen molar-refractivity contribution in [3.63, 3.8) is 0 Å². The quantitative estimate of drug-likeness (QED) is 0.367. The maximum absolute atomic E-state index is 12.1. The van der Waals surface area contributed by atoms with E-state index in [0.29, 0.717) is 28.5 Å².